The third kappa shape index (κ3) is 5.92. The molecule has 1 fully saturated rings. The summed E-state index contributed by atoms with van der Waals surface area (Å²) < 4.78 is 26.3. The second-order valence-electron chi connectivity index (χ2n) is 5.81. The summed E-state index contributed by atoms with van der Waals surface area (Å²) in [6.07, 6.45) is 0. The lowest BCUT2D eigenvalue weighted by Crippen LogP contribution is -2.45. The summed E-state index contributed by atoms with van der Waals surface area (Å²) in [5.41, 5.74) is 2.06. The molecule has 0 aromatic heterocycles. The molecule has 25 heavy (non-hydrogen) atoms. The zero-order valence-electron chi connectivity index (χ0n) is 14.1. The van der Waals surface area contributed by atoms with Crippen molar-refractivity contribution in [2.24, 2.45) is 0 Å². The molecule has 0 radical (unpaired) electrons. The highest BCUT2D eigenvalue weighted by atomic mass is 19.1. The number of hydrogen-bond acceptors (Lipinski definition) is 3. The second-order valence-corrected chi connectivity index (χ2v) is 5.81. The van der Waals surface area contributed by atoms with Crippen molar-refractivity contribution < 1.29 is 18.7 Å². The first-order valence-corrected chi connectivity index (χ1v) is 8.12. The number of benzene rings is 2. The first-order valence-electron chi connectivity index (χ1n) is 8.12. The maximum absolute atomic E-state index is 13.2. The highest BCUT2D eigenvalue weighted by Crippen LogP contribution is 2.29. The van der Waals surface area contributed by atoms with Gasteiger partial charge in [0.05, 0.1) is 6.04 Å². The number of rotatable bonds is 3. The van der Waals surface area contributed by atoms with E-state index in [4.69, 9.17) is 9.90 Å². The van der Waals surface area contributed by atoms with E-state index in [2.05, 4.69) is 10.2 Å². The number of hydrogen-bond donors (Lipinski definition) is 2. The van der Waals surface area contributed by atoms with Gasteiger partial charge in [0, 0.05) is 33.1 Å². The normalized spacial score (nSPS) is 14.7. The summed E-state index contributed by atoms with van der Waals surface area (Å²) in [7, 11) is 0. The number of aliphatic carboxylic acids is 1. The van der Waals surface area contributed by atoms with Crippen LogP contribution in [0.2, 0.25) is 0 Å². The fourth-order valence-corrected chi connectivity index (χ4v) is 2.84. The van der Waals surface area contributed by atoms with Crippen LogP contribution >= 0.6 is 0 Å². The molecule has 0 spiro atoms. The molecule has 0 saturated carbocycles. The maximum atomic E-state index is 13.2. The topological polar surface area (TPSA) is 52.6 Å². The fourth-order valence-electron chi connectivity index (χ4n) is 2.84. The quantitative estimate of drug-likeness (QED) is 0.895. The summed E-state index contributed by atoms with van der Waals surface area (Å²) >= 11 is 0. The van der Waals surface area contributed by atoms with Gasteiger partial charge in [-0.3, -0.25) is 9.69 Å². The van der Waals surface area contributed by atoms with E-state index in [1.165, 1.54) is 24.3 Å². The molecule has 0 atom stereocenters. The minimum atomic E-state index is -0.833. The van der Waals surface area contributed by atoms with E-state index in [1.807, 2.05) is 24.3 Å². The van der Waals surface area contributed by atoms with Crippen LogP contribution in [0.25, 0.3) is 0 Å². The van der Waals surface area contributed by atoms with Gasteiger partial charge >= 0.3 is 0 Å². The zero-order chi connectivity index (χ0) is 18.2. The Morgan fingerprint density at radius 2 is 1.32 bits per heavy atom. The van der Waals surface area contributed by atoms with Crippen LogP contribution in [0.3, 0.4) is 0 Å². The predicted octanol–water partition coefficient (Wildman–Crippen LogP) is 3.05. The molecule has 0 aliphatic carbocycles. The molecule has 0 unspecified atom stereocenters. The van der Waals surface area contributed by atoms with E-state index in [9.17, 15) is 8.78 Å². The summed E-state index contributed by atoms with van der Waals surface area (Å²) in [4.78, 5) is 11.3. The Morgan fingerprint density at radius 3 is 1.68 bits per heavy atom. The fraction of sp³-hybridized carbons (Fsp3) is 0.316. The zero-order valence-corrected chi connectivity index (χ0v) is 14.1. The van der Waals surface area contributed by atoms with Crippen molar-refractivity contribution >= 4 is 5.97 Å². The van der Waals surface area contributed by atoms with Crippen LogP contribution in [0.5, 0.6) is 0 Å². The van der Waals surface area contributed by atoms with Gasteiger partial charge in [0.1, 0.15) is 11.6 Å². The average Bonchev–Trinajstić information content (AvgIpc) is 2.59. The molecule has 2 aromatic rings. The van der Waals surface area contributed by atoms with Gasteiger partial charge in [-0.05, 0) is 35.4 Å². The Balaban J connectivity index is 0.000000511. The minimum absolute atomic E-state index is 0.0355. The number of carboxylic acid groups (broad SMARTS) is 1. The molecule has 4 nitrogen and oxygen atoms in total. The summed E-state index contributed by atoms with van der Waals surface area (Å²) in [6.45, 7) is 4.77. The molecular weight excluding hydrogens is 326 g/mol. The SMILES string of the molecule is CC(=O)O.Fc1ccc(C(c2ccc(F)cc2)N2CCNCC2)cc1. The van der Waals surface area contributed by atoms with Crippen LogP contribution in [0, 0.1) is 11.6 Å². The molecule has 1 heterocycles. The Morgan fingerprint density at radius 1 is 0.960 bits per heavy atom. The maximum Gasteiger partial charge on any atom is 0.300 e. The highest BCUT2D eigenvalue weighted by molar-refractivity contribution is 5.62. The Labute approximate surface area is 146 Å². The first-order chi connectivity index (χ1) is 12.0. The third-order valence-electron chi connectivity index (χ3n) is 3.89. The number of piperazine rings is 1. The van der Waals surface area contributed by atoms with E-state index < -0.39 is 5.97 Å². The molecule has 2 aromatic carbocycles. The molecule has 134 valence electrons. The van der Waals surface area contributed by atoms with Gasteiger partial charge in [-0.1, -0.05) is 24.3 Å². The average molecular weight is 348 g/mol. The van der Waals surface area contributed by atoms with Crippen LogP contribution in [0.4, 0.5) is 8.78 Å². The molecule has 1 aliphatic heterocycles. The van der Waals surface area contributed by atoms with Crippen molar-refractivity contribution in [1.82, 2.24) is 10.2 Å². The van der Waals surface area contributed by atoms with Gasteiger partial charge < -0.3 is 10.4 Å². The standard InChI is InChI=1S/C17H18F2N2.C2H4O2/c18-15-5-1-13(2-6-15)17(21-11-9-20-10-12-21)14-3-7-16(19)8-4-14;1-2(3)4/h1-8,17,20H,9-12H2;1H3,(H,3,4). The predicted molar refractivity (Wildman–Crippen MR) is 92.4 cm³/mol. The third-order valence-corrected chi connectivity index (χ3v) is 3.89. The van der Waals surface area contributed by atoms with Gasteiger partial charge in [0.2, 0.25) is 0 Å². The van der Waals surface area contributed by atoms with Crippen LogP contribution in [0.1, 0.15) is 24.1 Å². The van der Waals surface area contributed by atoms with Crippen LogP contribution < -0.4 is 5.32 Å². The number of carboxylic acids is 1. The Hall–Kier alpha value is -2.31. The van der Waals surface area contributed by atoms with Gasteiger partial charge in [-0.2, -0.15) is 0 Å². The molecule has 3 rings (SSSR count). The number of nitrogens with one attached hydrogen (secondary N) is 1. The smallest absolute Gasteiger partial charge is 0.300 e. The summed E-state index contributed by atoms with van der Waals surface area (Å²) in [5.74, 6) is -1.31. The van der Waals surface area contributed by atoms with Gasteiger partial charge in [-0.15, -0.1) is 0 Å². The monoisotopic (exact) mass is 348 g/mol. The van der Waals surface area contributed by atoms with E-state index in [0.717, 1.165) is 44.2 Å². The molecule has 2 N–H and O–H groups in total. The van der Waals surface area contributed by atoms with Crippen molar-refractivity contribution in [2.45, 2.75) is 13.0 Å². The number of carbonyl (C=O) groups is 1. The van der Waals surface area contributed by atoms with Gasteiger partial charge in [0.15, 0.2) is 0 Å². The van der Waals surface area contributed by atoms with Crippen LogP contribution in [-0.2, 0) is 4.79 Å². The minimum Gasteiger partial charge on any atom is -0.481 e. The first kappa shape index (κ1) is 19.0. The van der Waals surface area contributed by atoms with Crippen molar-refractivity contribution in [2.75, 3.05) is 26.2 Å². The lowest BCUT2D eigenvalue weighted by molar-refractivity contribution is -0.134. The van der Waals surface area contributed by atoms with Gasteiger partial charge in [-0.25, -0.2) is 8.78 Å². The van der Waals surface area contributed by atoms with E-state index >= 15 is 0 Å². The van der Waals surface area contributed by atoms with Gasteiger partial charge in [0.25, 0.3) is 5.97 Å². The molecular formula is C19H22F2N2O2. The van der Waals surface area contributed by atoms with Crippen LogP contribution in [-0.4, -0.2) is 42.2 Å². The Kier molecular flexibility index (Phi) is 7.03. The molecule has 1 aliphatic rings. The van der Waals surface area contributed by atoms with Crippen LogP contribution in [0.15, 0.2) is 48.5 Å². The molecule has 0 bridgehead atoms. The number of nitrogens with zero attached hydrogens (tertiary/aromatic N) is 1. The molecule has 0 amide bonds. The second kappa shape index (κ2) is 9.25. The Bertz CT molecular complexity index is 619. The van der Waals surface area contributed by atoms with E-state index in [-0.39, 0.29) is 17.7 Å². The van der Waals surface area contributed by atoms with E-state index in [0.29, 0.717) is 0 Å². The molecule has 6 heteroatoms. The van der Waals surface area contributed by atoms with Crippen molar-refractivity contribution in [3.8, 4) is 0 Å². The van der Waals surface area contributed by atoms with Crippen molar-refractivity contribution in [1.29, 1.82) is 0 Å². The van der Waals surface area contributed by atoms with Crippen molar-refractivity contribution in [3.05, 3.63) is 71.3 Å². The summed E-state index contributed by atoms with van der Waals surface area (Å²) in [6, 6.07) is 13.2. The largest absolute Gasteiger partial charge is 0.481 e. The number of halogens is 2. The summed E-state index contributed by atoms with van der Waals surface area (Å²) in [5, 5.41) is 10.7. The lowest BCUT2D eigenvalue weighted by atomic mass is 9.96. The lowest BCUT2D eigenvalue weighted by Gasteiger charge is -2.35. The van der Waals surface area contributed by atoms with Crippen molar-refractivity contribution in [3.63, 3.8) is 0 Å². The molecule has 1 saturated heterocycles. The van der Waals surface area contributed by atoms with E-state index in [1.54, 1.807) is 0 Å². The highest BCUT2D eigenvalue weighted by Gasteiger charge is 2.23.